The number of carbonyl (C=O) groups excluding carboxylic acids is 3. The van der Waals surface area contributed by atoms with Crippen LogP contribution in [0.4, 0.5) is 0 Å². The number of nitrogens with zero attached hydrogens (tertiary/aromatic N) is 2. The predicted octanol–water partition coefficient (Wildman–Crippen LogP) is -1.05. The molecule has 3 amide bonds. The number of imide groups is 1. The van der Waals surface area contributed by atoms with Gasteiger partial charge in [0, 0.05) is 24.7 Å². The molecule has 11 heteroatoms. The molecule has 0 saturated carbocycles. The summed E-state index contributed by atoms with van der Waals surface area (Å²) in [5.74, 6) is -2.75. The van der Waals surface area contributed by atoms with E-state index in [1.165, 1.54) is 6.07 Å². The second kappa shape index (κ2) is 6.28. The maximum atomic E-state index is 11.9. The Kier molecular flexibility index (Phi) is 4.55. The number of guanidine groups is 1. The molecule has 0 aromatic heterocycles. The van der Waals surface area contributed by atoms with Crippen molar-refractivity contribution >= 4 is 33.5 Å². The number of carbonyl (C=O) groups is 3. The van der Waals surface area contributed by atoms with Crippen LogP contribution in [0.2, 0.25) is 0 Å². The minimum absolute atomic E-state index is 0.0197. The van der Waals surface area contributed by atoms with Crippen molar-refractivity contribution in [2.45, 2.75) is 17.7 Å². The summed E-state index contributed by atoms with van der Waals surface area (Å²) >= 11 is 0. The number of benzene rings is 1. The molecule has 1 fully saturated rings. The SMILES string of the molecule is CS(=O)(=O)c1cc(C(=O)N=C(N)N)ccc1ON1C(=O)CCC1=O. The Morgan fingerprint density at radius 2 is 1.79 bits per heavy atom. The van der Waals surface area contributed by atoms with Gasteiger partial charge in [-0.1, -0.05) is 0 Å². The number of hydrogen-bond donors (Lipinski definition) is 2. The monoisotopic (exact) mass is 354 g/mol. The Labute approximate surface area is 136 Å². The molecule has 4 N–H and O–H groups in total. The fourth-order valence-electron chi connectivity index (χ4n) is 1.94. The van der Waals surface area contributed by atoms with Gasteiger partial charge < -0.3 is 16.3 Å². The Bertz CT molecular complexity index is 841. The topological polar surface area (TPSA) is 162 Å². The third-order valence-electron chi connectivity index (χ3n) is 3.02. The molecule has 128 valence electrons. The Hall–Kier alpha value is -2.95. The lowest BCUT2D eigenvalue weighted by Crippen LogP contribution is -2.33. The number of aliphatic imine (C=N–C) groups is 1. The van der Waals surface area contributed by atoms with Crippen molar-refractivity contribution in [1.29, 1.82) is 0 Å². The maximum Gasteiger partial charge on any atom is 0.280 e. The third-order valence-corrected chi connectivity index (χ3v) is 4.13. The summed E-state index contributed by atoms with van der Waals surface area (Å²) in [6, 6.07) is 3.36. The molecule has 1 saturated heterocycles. The Morgan fingerprint density at radius 1 is 1.21 bits per heavy atom. The fraction of sp³-hybridized carbons (Fsp3) is 0.231. The van der Waals surface area contributed by atoms with Gasteiger partial charge in [-0.2, -0.15) is 4.99 Å². The molecule has 2 rings (SSSR count). The zero-order valence-electron chi connectivity index (χ0n) is 12.6. The normalized spacial score (nSPS) is 14.6. The minimum Gasteiger partial charge on any atom is -0.370 e. The summed E-state index contributed by atoms with van der Waals surface area (Å²) in [4.78, 5) is 43.0. The smallest absolute Gasteiger partial charge is 0.280 e. The number of nitrogens with two attached hydrogens (primary N) is 2. The lowest BCUT2D eigenvalue weighted by molar-refractivity contribution is -0.164. The Morgan fingerprint density at radius 3 is 2.29 bits per heavy atom. The van der Waals surface area contributed by atoms with E-state index in [4.69, 9.17) is 16.3 Å². The van der Waals surface area contributed by atoms with E-state index in [1.807, 2.05) is 0 Å². The highest BCUT2D eigenvalue weighted by atomic mass is 32.2. The molecular formula is C13H14N4O6S. The molecule has 1 aliphatic heterocycles. The lowest BCUT2D eigenvalue weighted by Gasteiger charge is -2.16. The number of hydrogen-bond acceptors (Lipinski definition) is 6. The van der Waals surface area contributed by atoms with Gasteiger partial charge in [-0.3, -0.25) is 14.4 Å². The standard InChI is InChI=1S/C13H14N4O6S/c1-24(21,22)9-6-7(12(20)16-13(14)15)2-3-8(9)23-17-10(18)4-5-11(17)19/h2-3,6H,4-5H2,1H3,(H4,14,15,16,20). The van der Waals surface area contributed by atoms with E-state index in [0.717, 1.165) is 18.4 Å². The highest BCUT2D eigenvalue weighted by Crippen LogP contribution is 2.28. The first-order chi connectivity index (χ1) is 11.1. The predicted molar refractivity (Wildman–Crippen MR) is 81.4 cm³/mol. The van der Waals surface area contributed by atoms with E-state index < -0.39 is 33.5 Å². The molecule has 0 unspecified atom stereocenters. The van der Waals surface area contributed by atoms with Crippen LogP contribution in [-0.4, -0.2) is 43.4 Å². The summed E-state index contributed by atoms with van der Waals surface area (Å²) in [6.45, 7) is 0. The van der Waals surface area contributed by atoms with Crippen LogP contribution in [0, 0.1) is 0 Å². The van der Waals surface area contributed by atoms with Gasteiger partial charge in [-0.25, -0.2) is 8.42 Å². The van der Waals surface area contributed by atoms with Gasteiger partial charge in [0.2, 0.25) is 0 Å². The number of sulfone groups is 1. The summed E-state index contributed by atoms with van der Waals surface area (Å²) in [5.41, 5.74) is 10.1. The highest BCUT2D eigenvalue weighted by Gasteiger charge is 2.32. The first kappa shape index (κ1) is 17.4. The van der Waals surface area contributed by atoms with Crippen LogP contribution in [0.1, 0.15) is 23.2 Å². The van der Waals surface area contributed by atoms with E-state index in [-0.39, 0.29) is 29.1 Å². The molecule has 1 aromatic rings. The Balaban J connectivity index is 2.45. The lowest BCUT2D eigenvalue weighted by atomic mass is 10.2. The average molecular weight is 354 g/mol. The molecule has 1 aromatic carbocycles. The van der Waals surface area contributed by atoms with Crippen LogP contribution >= 0.6 is 0 Å². The van der Waals surface area contributed by atoms with E-state index in [9.17, 15) is 22.8 Å². The van der Waals surface area contributed by atoms with Gasteiger partial charge >= 0.3 is 0 Å². The summed E-state index contributed by atoms with van der Waals surface area (Å²) in [7, 11) is -3.83. The van der Waals surface area contributed by atoms with Crippen molar-refractivity contribution < 1.29 is 27.6 Å². The van der Waals surface area contributed by atoms with Gasteiger partial charge in [0.25, 0.3) is 17.7 Å². The van der Waals surface area contributed by atoms with Gasteiger partial charge in [0.1, 0.15) is 4.90 Å². The molecule has 24 heavy (non-hydrogen) atoms. The minimum atomic E-state index is -3.83. The summed E-state index contributed by atoms with van der Waals surface area (Å²) < 4.78 is 23.8. The van der Waals surface area contributed by atoms with Gasteiger partial charge in [0.15, 0.2) is 21.5 Å². The van der Waals surface area contributed by atoms with E-state index >= 15 is 0 Å². The maximum absolute atomic E-state index is 11.9. The van der Waals surface area contributed by atoms with Crippen LogP contribution in [0.15, 0.2) is 28.1 Å². The van der Waals surface area contributed by atoms with Crippen LogP contribution in [0.3, 0.4) is 0 Å². The number of amides is 3. The quantitative estimate of drug-likeness (QED) is 0.393. The summed E-state index contributed by atoms with van der Waals surface area (Å²) in [5, 5.41) is 0.502. The van der Waals surface area contributed by atoms with Crippen molar-refractivity contribution in [3.63, 3.8) is 0 Å². The van der Waals surface area contributed by atoms with E-state index in [0.29, 0.717) is 5.06 Å². The van der Waals surface area contributed by atoms with Crippen molar-refractivity contribution in [3.05, 3.63) is 23.8 Å². The number of hydroxylamine groups is 2. The molecule has 1 aliphatic rings. The zero-order chi connectivity index (χ0) is 18.1. The molecule has 0 atom stereocenters. The highest BCUT2D eigenvalue weighted by molar-refractivity contribution is 7.90. The van der Waals surface area contributed by atoms with Crippen molar-refractivity contribution in [1.82, 2.24) is 5.06 Å². The zero-order valence-corrected chi connectivity index (χ0v) is 13.4. The van der Waals surface area contributed by atoms with Gasteiger partial charge in [-0.05, 0) is 18.2 Å². The largest absolute Gasteiger partial charge is 0.370 e. The molecule has 0 spiro atoms. The molecule has 0 radical (unpaired) electrons. The molecule has 0 aliphatic carbocycles. The number of rotatable bonds is 4. The molecule has 0 bridgehead atoms. The first-order valence-electron chi connectivity index (χ1n) is 6.61. The van der Waals surface area contributed by atoms with Crippen LogP contribution in [0.5, 0.6) is 5.75 Å². The third kappa shape index (κ3) is 3.68. The average Bonchev–Trinajstić information content (AvgIpc) is 2.77. The molecule has 10 nitrogen and oxygen atoms in total. The first-order valence-corrected chi connectivity index (χ1v) is 8.50. The van der Waals surface area contributed by atoms with Crippen LogP contribution in [-0.2, 0) is 19.4 Å². The molecule has 1 heterocycles. The van der Waals surface area contributed by atoms with Crippen LogP contribution in [0.25, 0.3) is 0 Å². The van der Waals surface area contributed by atoms with Crippen molar-refractivity contribution in [2.75, 3.05) is 6.26 Å². The van der Waals surface area contributed by atoms with Gasteiger partial charge in [-0.15, -0.1) is 5.06 Å². The van der Waals surface area contributed by atoms with Crippen LogP contribution < -0.4 is 16.3 Å². The van der Waals surface area contributed by atoms with Gasteiger partial charge in [0.05, 0.1) is 0 Å². The fourth-order valence-corrected chi connectivity index (χ4v) is 2.76. The summed E-state index contributed by atoms with van der Waals surface area (Å²) in [6.07, 6.45) is 0.847. The second-order valence-electron chi connectivity index (χ2n) is 4.95. The van der Waals surface area contributed by atoms with E-state index in [1.54, 1.807) is 0 Å². The second-order valence-corrected chi connectivity index (χ2v) is 6.93. The van der Waals surface area contributed by atoms with Crippen molar-refractivity contribution in [3.8, 4) is 5.75 Å². The van der Waals surface area contributed by atoms with Crippen molar-refractivity contribution in [2.24, 2.45) is 16.5 Å². The molecular weight excluding hydrogens is 340 g/mol. The van der Waals surface area contributed by atoms with E-state index in [2.05, 4.69) is 4.99 Å².